The normalized spacial score (nSPS) is 22.2. The number of nitrogens with one attached hydrogen (secondary N) is 2. The molecule has 0 amide bonds. The van der Waals surface area contributed by atoms with Crippen molar-refractivity contribution in [1.29, 1.82) is 5.41 Å². The summed E-state index contributed by atoms with van der Waals surface area (Å²) in [5, 5.41) is 11.7. The molecule has 1 aliphatic carbocycles. The lowest BCUT2D eigenvalue weighted by atomic mass is 9.99. The number of hydrogen-bond acceptors (Lipinski definition) is 5. The van der Waals surface area contributed by atoms with Crippen LogP contribution in [0.4, 0.5) is 5.82 Å². The van der Waals surface area contributed by atoms with Gasteiger partial charge in [-0.3, -0.25) is 0 Å². The summed E-state index contributed by atoms with van der Waals surface area (Å²) >= 11 is 6.03. The van der Waals surface area contributed by atoms with Crippen molar-refractivity contribution in [2.75, 3.05) is 12.4 Å². The first-order chi connectivity index (χ1) is 10.7. The fourth-order valence-electron chi connectivity index (χ4n) is 3.31. The van der Waals surface area contributed by atoms with Gasteiger partial charge < -0.3 is 21.0 Å². The minimum Gasteiger partial charge on any atom is -0.404 e. The Morgan fingerprint density at radius 3 is 3.00 bits per heavy atom. The zero-order valence-electron chi connectivity index (χ0n) is 12.4. The van der Waals surface area contributed by atoms with E-state index in [1.165, 1.54) is 6.21 Å². The van der Waals surface area contributed by atoms with E-state index < -0.39 is 0 Å². The first kappa shape index (κ1) is 14.8. The molecule has 1 saturated carbocycles. The van der Waals surface area contributed by atoms with E-state index in [0.29, 0.717) is 12.0 Å². The van der Waals surface area contributed by atoms with Crippen molar-refractivity contribution >= 4 is 34.7 Å². The zero-order chi connectivity index (χ0) is 15.7. The van der Waals surface area contributed by atoms with E-state index in [0.717, 1.165) is 41.7 Å². The van der Waals surface area contributed by atoms with Crippen LogP contribution in [0, 0.1) is 11.3 Å². The third-order valence-electron chi connectivity index (χ3n) is 4.41. The van der Waals surface area contributed by atoms with E-state index >= 15 is 0 Å². The zero-order valence-corrected chi connectivity index (χ0v) is 13.1. The van der Waals surface area contributed by atoms with Gasteiger partial charge in [0.15, 0.2) is 0 Å². The first-order valence-corrected chi connectivity index (χ1v) is 7.69. The highest BCUT2D eigenvalue weighted by Gasteiger charge is 2.29. The van der Waals surface area contributed by atoms with Gasteiger partial charge in [-0.1, -0.05) is 0 Å². The Hall–Kier alpha value is -2.08. The first-order valence-electron chi connectivity index (χ1n) is 7.32. The van der Waals surface area contributed by atoms with Crippen LogP contribution >= 0.6 is 11.6 Å². The Labute approximate surface area is 133 Å². The third-order valence-corrected chi connectivity index (χ3v) is 4.58. The molecule has 0 aromatic carbocycles. The molecule has 3 rings (SSSR count). The van der Waals surface area contributed by atoms with Crippen LogP contribution in [0.25, 0.3) is 11.0 Å². The molecule has 1 fully saturated rings. The predicted octanol–water partition coefficient (Wildman–Crippen LogP) is 2.96. The average molecular weight is 319 g/mol. The fraction of sp³-hybridized carbons (Fsp3) is 0.400. The molecule has 6 nitrogen and oxygen atoms in total. The molecule has 2 aromatic rings. The number of rotatable bonds is 4. The van der Waals surface area contributed by atoms with Gasteiger partial charge in [0.2, 0.25) is 5.28 Å². The molecule has 1 aliphatic rings. The standard InChI is InChI=1S/C15H19ClN6/c1-19-13-12-4-5-22(14(12)21-15(16)20-13)11-3-2-9(6-11)10(7-17)8-18/h4-5,7-9,11,17H,2-3,6,18H2,1H3,(H,19,20,21)/b10-8+,17-7?. The summed E-state index contributed by atoms with van der Waals surface area (Å²) in [5.41, 5.74) is 7.36. The monoisotopic (exact) mass is 318 g/mol. The maximum Gasteiger partial charge on any atom is 0.226 e. The lowest BCUT2D eigenvalue weighted by molar-refractivity contribution is 0.515. The summed E-state index contributed by atoms with van der Waals surface area (Å²) in [4.78, 5) is 8.60. The van der Waals surface area contributed by atoms with E-state index in [2.05, 4.69) is 19.9 Å². The van der Waals surface area contributed by atoms with Gasteiger partial charge in [-0.15, -0.1) is 0 Å². The molecule has 116 valence electrons. The molecule has 0 radical (unpaired) electrons. The summed E-state index contributed by atoms with van der Waals surface area (Å²) in [6, 6.07) is 2.36. The molecule has 0 saturated heterocycles. The van der Waals surface area contributed by atoms with E-state index in [4.69, 9.17) is 22.7 Å². The number of halogens is 1. The highest BCUT2D eigenvalue weighted by Crippen LogP contribution is 2.39. The van der Waals surface area contributed by atoms with E-state index in [-0.39, 0.29) is 5.28 Å². The Balaban J connectivity index is 1.95. The molecular formula is C15H19ClN6. The average Bonchev–Trinajstić information content (AvgIpc) is 3.14. The second kappa shape index (κ2) is 5.96. The topological polar surface area (TPSA) is 92.6 Å². The summed E-state index contributed by atoms with van der Waals surface area (Å²) in [6.07, 6.45) is 7.97. The highest BCUT2D eigenvalue weighted by atomic mass is 35.5. The summed E-state index contributed by atoms with van der Waals surface area (Å²) in [5.74, 6) is 1.08. The molecule has 0 aliphatic heterocycles. The quantitative estimate of drug-likeness (QED) is 0.597. The molecular weight excluding hydrogens is 300 g/mol. The van der Waals surface area contributed by atoms with Gasteiger partial charge in [-0.05, 0) is 54.6 Å². The summed E-state index contributed by atoms with van der Waals surface area (Å²) in [7, 11) is 1.82. The molecule has 2 unspecified atom stereocenters. The SMILES string of the molecule is CNc1nc(Cl)nc2c1ccn2C1CCC(/C(C=N)=C/N)C1. The molecule has 2 aromatic heterocycles. The largest absolute Gasteiger partial charge is 0.404 e. The molecule has 0 bridgehead atoms. The number of fused-ring (bicyclic) bond motifs is 1. The molecule has 2 atom stereocenters. The minimum absolute atomic E-state index is 0.244. The van der Waals surface area contributed by atoms with Crippen molar-refractivity contribution in [3.8, 4) is 0 Å². The lowest BCUT2D eigenvalue weighted by Crippen LogP contribution is -2.08. The number of nitrogens with zero attached hydrogens (tertiary/aromatic N) is 3. The molecule has 2 heterocycles. The van der Waals surface area contributed by atoms with E-state index in [9.17, 15) is 0 Å². The van der Waals surface area contributed by atoms with Crippen LogP contribution in [-0.2, 0) is 0 Å². The van der Waals surface area contributed by atoms with Gasteiger partial charge in [0, 0.05) is 25.5 Å². The Morgan fingerprint density at radius 1 is 1.50 bits per heavy atom. The van der Waals surface area contributed by atoms with Crippen LogP contribution in [0.3, 0.4) is 0 Å². The maximum atomic E-state index is 7.45. The van der Waals surface area contributed by atoms with E-state index in [1.807, 2.05) is 19.3 Å². The highest BCUT2D eigenvalue weighted by molar-refractivity contribution is 6.28. The van der Waals surface area contributed by atoms with Crippen molar-refractivity contribution < 1.29 is 0 Å². The Bertz CT molecular complexity index is 735. The molecule has 0 spiro atoms. The molecule has 7 heteroatoms. The van der Waals surface area contributed by atoms with Gasteiger partial charge in [-0.2, -0.15) is 4.98 Å². The van der Waals surface area contributed by atoms with Gasteiger partial charge >= 0.3 is 0 Å². The van der Waals surface area contributed by atoms with E-state index in [1.54, 1.807) is 6.20 Å². The van der Waals surface area contributed by atoms with Crippen molar-refractivity contribution in [2.24, 2.45) is 11.7 Å². The smallest absolute Gasteiger partial charge is 0.226 e. The van der Waals surface area contributed by atoms with Gasteiger partial charge in [0.25, 0.3) is 0 Å². The van der Waals surface area contributed by atoms with Crippen molar-refractivity contribution in [3.63, 3.8) is 0 Å². The Morgan fingerprint density at radius 2 is 2.32 bits per heavy atom. The molecule has 22 heavy (non-hydrogen) atoms. The van der Waals surface area contributed by atoms with Crippen LogP contribution in [0.15, 0.2) is 24.0 Å². The molecule has 4 N–H and O–H groups in total. The maximum absolute atomic E-state index is 7.45. The van der Waals surface area contributed by atoms with Gasteiger partial charge in [-0.25, -0.2) is 4.98 Å². The number of nitrogens with two attached hydrogens (primary N) is 1. The van der Waals surface area contributed by atoms with Crippen LogP contribution in [0.1, 0.15) is 25.3 Å². The minimum atomic E-state index is 0.244. The second-order valence-corrected chi connectivity index (χ2v) is 5.86. The van der Waals surface area contributed by atoms with Crippen LogP contribution in [0.2, 0.25) is 5.28 Å². The van der Waals surface area contributed by atoms with Crippen LogP contribution in [0.5, 0.6) is 0 Å². The lowest BCUT2D eigenvalue weighted by Gasteiger charge is -2.15. The van der Waals surface area contributed by atoms with Crippen molar-refractivity contribution in [1.82, 2.24) is 14.5 Å². The fourth-order valence-corrected chi connectivity index (χ4v) is 3.47. The number of aromatic nitrogens is 3. The number of allylic oxidation sites excluding steroid dienone is 1. The number of anilines is 1. The van der Waals surface area contributed by atoms with Gasteiger partial charge in [0.05, 0.1) is 5.39 Å². The summed E-state index contributed by atoms with van der Waals surface area (Å²) < 4.78 is 2.17. The predicted molar refractivity (Wildman–Crippen MR) is 89.5 cm³/mol. The van der Waals surface area contributed by atoms with Gasteiger partial charge in [0.1, 0.15) is 11.5 Å². The van der Waals surface area contributed by atoms with Crippen molar-refractivity contribution in [3.05, 3.63) is 29.3 Å². The second-order valence-electron chi connectivity index (χ2n) is 5.53. The van der Waals surface area contributed by atoms with Crippen LogP contribution < -0.4 is 11.1 Å². The van der Waals surface area contributed by atoms with Crippen LogP contribution in [-0.4, -0.2) is 27.8 Å². The summed E-state index contributed by atoms with van der Waals surface area (Å²) in [6.45, 7) is 0. The number of hydrogen-bond donors (Lipinski definition) is 3. The third kappa shape index (κ3) is 2.43. The Kier molecular flexibility index (Phi) is 4.02. The van der Waals surface area contributed by atoms with Crippen molar-refractivity contribution in [2.45, 2.75) is 25.3 Å².